The summed E-state index contributed by atoms with van der Waals surface area (Å²) in [6.07, 6.45) is 5.60. The van der Waals surface area contributed by atoms with Gasteiger partial charge in [0, 0.05) is 25.8 Å². The third kappa shape index (κ3) is 2.83. The van der Waals surface area contributed by atoms with Crippen LogP contribution in [-0.2, 0) is 0 Å². The molecule has 11 heavy (non-hydrogen) atoms. The lowest BCUT2D eigenvalue weighted by molar-refractivity contribution is 0.0578. The van der Waals surface area contributed by atoms with Crippen LogP contribution in [0.5, 0.6) is 0 Å². The normalized spacial score (nSPS) is 17.1. The molecule has 2 nitrogen and oxygen atoms in total. The van der Waals surface area contributed by atoms with E-state index in [2.05, 4.69) is 36.1 Å². The highest BCUT2D eigenvalue weighted by atomic mass is 79.9. The van der Waals surface area contributed by atoms with Gasteiger partial charge in [-0.3, -0.25) is 0 Å². The molecule has 0 atom stereocenters. The van der Waals surface area contributed by atoms with Crippen molar-refractivity contribution in [3.8, 4) is 0 Å². The summed E-state index contributed by atoms with van der Waals surface area (Å²) in [5, 5.41) is 4.63. The van der Waals surface area contributed by atoms with Crippen molar-refractivity contribution in [1.82, 2.24) is 10.0 Å². The number of hydrazine groups is 1. The number of halogens is 1. The van der Waals surface area contributed by atoms with Crippen molar-refractivity contribution in [3.05, 3.63) is 12.3 Å². The molecule has 0 aromatic rings. The highest BCUT2D eigenvalue weighted by Crippen LogP contribution is 2.06. The van der Waals surface area contributed by atoms with Crippen LogP contribution in [0.15, 0.2) is 12.3 Å². The summed E-state index contributed by atoms with van der Waals surface area (Å²) in [7, 11) is 0. The summed E-state index contributed by atoms with van der Waals surface area (Å²) in [5.74, 6) is 0. The molecule has 0 saturated carbocycles. The average Bonchev–Trinajstić information content (AvgIpc) is 2.36. The topological polar surface area (TPSA) is 6.48 Å². The molecule has 0 aliphatic carbocycles. The Morgan fingerprint density at radius 1 is 1.36 bits per heavy atom. The summed E-state index contributed by atoms with van der Waals surface area (Å²) in [4.78, 5) is 0. The molecule has 0 radical (unpaired) electrons. The van der Waals surface area contributed by atoms with E-state index in [1.165, 1.54) is 13.0 Å². The van der Waals surface area contributed by atoms with E-state index in [1.807, 2.05) is 0 Å². The first-order valence-electron chi connectivity index (χ1n) is 4.06. The molecule has 1 aliphatic heterocycles. The Bertz CT molecular complexity index is 125. The lowest BCUT2D eigenvalue weighted by Gasteiger charge is -2.27. The third-order valence-electron chi connectivity index (χ3n) is 1.76. The van der Waals surface area contributed by atoms with Crippen molar-refractivity contribution >= 4 is 17.0 Å². The van der Waals surface area contributed by atoms with Crippen LogP contribution >= 0.6 is 17.0 Å². The van der Waals surface area contributed by atoms with Gasteiger partial charge in [0.2, 0.25) is 0 Å². The molecule has 1 rings (SSSR count). The second-order valence-corrected chi connectivity index (χ2v) is 2.55. The quantitative estimate of drug-likeness (QED) is 0.719. The van der Waals surface area contributed by atoms with Gasteiger partial charge < -0.3 is 5.01 Å². The molecule has 66 valence electrons. The fourth-order valence-electron chi connectivity index (χ4n) is 1.27. The molecular weight excluding hydrogens is 204 g/mol. The Morgan fingerprint density at radius 3 is 2.64 bits per heavy atom. The summed E-state index contributed by atoms with van der Waals surface area (Å²) in [6, 6.07) is 0. The van der Waals surface area contributed by atoms with Crippen molar-refractivity contribution in [3.63, 3.8) is 0 Å². The first-order chi connectivity index (χ1) is 4.88. The predicted octanol–water partition coefficient (Wildman–Crippen LogP) is 2.04. The zero-order valence-electron chi connectivity index (χ0n) is 7.29. The van der Waals surface area contributed by atoms with Crippen molar-refractivity contribution in [2.45, 2.75) is 20.3 Å². The molecule has 0 aromatic heterocycles. The van der Waals surface area contributed by atoms with Gasteiger partial charge in [-0.1, -0.05) is 13.0 Å². The second kappa shape index (κ2) is 5.61. The molecule has 0 aromatic carbocycles. The molecule has 1 aliphatic rings. The van der Waals surface area contributed by atoms with Gasteiger partial charge >= 0.3 is 0 Å². The molecular formula is C8H17BrN2. The maximum Gasteiger partial charge on any atom is 0.0379 e. The third-order valence-corrected chi connectivity index (χ3v) is 1.76. The van der Waals surface area contributed by atoms with Crippen LogP contribution in [-0.4, -0.2) is 29.7 Å². The highest BCUT2D eigenvalue weighted by Gasteiger charge is 2.11. The molecule has 0 spiro atoms. The Kier molecular flexibility index (Phi) is 5.60. The van der Waals surface area contributed by atoms with E-state index >= 15 is 0 Å². The molecule has 0 fully saturated rings. The SMILES string of the molecule is Br.CCCN1CC=CN1CC. The minimum atomic E-state index is 0. The van der Waals surface area contributed by atoms with E-state index < -0.39 is 0 Å². The van der Waals surface area contributed by atoms with E-state index in [-0.39, 0.29) is 17.0 Å². The van der Waals surface area contributed by atoms with Crippen LogP contribution in [0.3, 0.4) is 0 Å². The minimum absolute atomic E-state index is 0. The Hall–Kier alpha value is -0.0200. The molecule has 0 unspecified atom stereocenters. The zero-order chi connectivity index (χ0) is 7.40. The van der Waals surface area contributed by atoms with Gasteiger partial charge in [-0.05, 0) is 13.3 Å². The van der Waals surface area contributed by atoms with Crippen LogP contribution < -0.4 is 0 Å². The van der Waals surface area contributed by atoms with E-state index in [1.54, 1.807) is 0 Å². The number of rotatable bonds is 3. The number of hydrogen-bond donors (Lipinski definition) is 0. The lowest BCUT2D eigenvalue weighted by Crippen LogP contribution is -2.35. The van der Waals surface area contributed by atoms with Gasteiger partial charge in [0.05, 0.1) is 0 Å². The van der Waals surface area contributed by atoms with E-state index in [0.29, 0.717) is 0 Å². The summed E-state index contributed by atoms with van der Waals surface area (Å²) in [6.45, 7) is 7.77. The smallest absolute Gasteiger partial charge is 0.0379 e. The standard InChI is InChI=1S/C8H16N2.BrH/c1-3-6-10-8-5-7-9(10)4-2;/h5,7H,3-4,6,8H2,1-2H3;1H. The first kappa shape index (κ1) is 11.0. The maximum atomic E-state index is 2.36. The van der Waals surface area contributed by atoms with E-state index in [9.17, 15) is 0 Å². The average molecular weight is 221 g/mol. The molecule has 0 bridgehead atoms. The first-order valence-corrected chi connectivity index (χ1v) is 4.06. The lowest BCUT2D eigenvalue weighted by atomic mass is 10.4. The van der Waals surface area contributed by atoms with E-state index in [4.69, 9.17) is 0 Å². The summed E-state index contributed by atoms with van der Waals surface area (Å²) < 4.78 is 0. The van der Waals surface area contributed by atoms with Crippen molar-refractivity contribution in [1.29, 1.82) is 0 Å². The molecule has 1 heterocycles. The van der Waals surface area contributed by atoms with Gasteiger partial charge in [0.1, 0.15) is 0 Å². The monoisotopic (exact) mass is 220 g/mol. The van der Waals surface area contributed by atoms with Crippen LogP contribution in [0.25, 0.3) is 0 Å². The largest absolute Gasteiger partial charge is 0.313 e. The van der Waals surface area contributed by atoms with Crippen LogP contribution in [0.4, 0.5) is 0 Å². The minimum Gasteiger partial charge on any atom is -0.313 e. The number of hydrogen-bond acceptors (Lipinski definition) is 2. The van der Waals surface area contributed by atoms with Crippen LogP contribution in [0.2, 0.25) is 0 Å². The highest BCUT2D eigenvalue weighted by molar-refractivity contribution is 8.93. The van der Waals surface area contributed by atoms with Crippen LogP contribution in [0, 0.1) is 0 Å². The Labute approximate surface area is 79.6 Å². The Morgan fingerprint density at radius 2 is 2.09 bits per heavy atom. The van der Waals surface area contributed by atoms with Crippen molar-refractivity contribution in [2.75, 3.05) is 19.6 Å². The fourth-order valence-corrected chi connectivity index (χ4v) is 1.27. The van der Waals surface area contributed by atoms with Gasteiger partial charge in [-0.2, -0.15) is 0 Å². The second-order valence-electron chi connectivity index (χ2n) is 2.55. The zero-order valence-corrected chi connectivity index (χ0v) is 9.00. The summed E-state index contributed by atoms with van der Waals surface area (Å²) in [5.41, 5.74) is 0. The molecule has 0 amide bonds. The van der Waals surface area contributed by atoms with Gasteiger partial charge in [0.15, 0.2) is 0 Å². The molecule has 0 saturated heterocycles. The van der Waals surface area contributed by atoms with Gasteiger partial charge in [0.25, 0.3) is 0 Å². The fraction of sp³-hybridized carbons (Fsp3) is 0.750. The Balaban J connectivity index is 0.000001000. The molecule has 3 heteroatoms. The van der Waals surface area contributed by atoms with Gasteiger partial charge in [-0.25, -0.2) is 5.01 Å². The maximum absolute atomic E-state index is 2.36. The van der Waals surface area contributed by atoms with Crippen molar-refractivity contribution < 1.29 is 0 Å². The molecule has 0 N–H and O–H groups in total. The van der Waals surface area contributed by atoms with Gasteiger partial charge in [-0.15, -0.1) is 17.0 Å². The van der Waals surface area contributed by atoms with E-state index in [0.717, 1.165) is 13.1 Å². The number of nitrogens with zero attached hydrogens (tertiary/aromatic N) is 2. The van der Waals surface area contributed by atoms with Crippen molar-refractivity contribution in [2.24, 2.45) is 0 Å². The predicted molar refractivity (Wildman–Crippen MR) is 53.7 cm³/mol. The van der Waals surface area contributed by atoms with Crippen LogP contribution in [0.1, 0.15) is 20.3 Å². The summed E-state index contributed by atoms with van der Waals surface area (Å²) >= 11 is 0.